The molecule has 14 heavy (non-hydrogen) atoms. The van der Waals surface area contributed by atoms with Crippen LogP contribution in [0.1, 0.15) is 26.7 Å². The molecule has 0 aromatic heterocycles. The maximum absolute atomic E-state index is 11.4. The van der Waals surface area contributed by atoms with Gasteiger partial charge in [-0.1, -0.05) is 17.8 Å². The summed E-state index contributed by atoms with van der Waals surface area (Å²) in [6, 6.07) is 2.15. The molecule has 1 amide bonds. The highest BCUT2D eigenvalue weighted by atomic mass is 32.2. The predicted octanol–water partition coefficient (Wildman–Crippen LogP) is 2.12. The topological polar surface area (TPSA) is 44.1 Å². The summed E-state index contributed by atoms with van der Waals surface area (Å²) in [5.41, 5.74) is 0. The van der Waals surface area contributed by atoms with Crippen LogP contribution in [0.4, 0.5) is 0 Å². The molecule has 0 radical (unpaired) electrons. The molecule has 1 rings (SSSR count). The number of amides is 1. The van der Waals surface area contributed by atoms with E-state index < -0.39 is 0 Å². The smallest absolute Gasteiger partial charge is 0.227 e. The van der Waals surface area contributed by atoms with Crippen molar-refractivity contribution in [3.05, 3.63) is 11.1 Å². The lowest BCUT2D eigenvalue weighted by atomic mass is 10.4. The Morgan fingerprint density at radius 3 is 2.93 bits per heavy atom. The van der Waals surface area contributed by atoms with E-state index >= 15 is 0 Å². The molecule has 0 aromatic rings. The van der Waals surface area contributed by atoms with Gasteiger partial charge in [-0.2, -0.15) is 5.26 Å². The summed E-state index contributed by atoms with van der Waals surface area (Å²) < 4.78 is 0. The van der Waals surface area contributed by atoms with Crippen LogP contribution in [0.15, 0.2) is 11.1 Å². The zero-order chi connectivity index (χ0) is 10.6. The molecule has 3 nitrogen and oxygen atoms in total. The second-order valence-electron chi connectivity index (χ2n) is 3.17. The lowest BCUT2D eigenvalue weighted by Crippen LogP contribution is -2.23. The Hall–Kier alpha value is -0.950. The Morgan fingerprint density at radius 1 is 1.79 bits per heavy atom. The number of carbonyl (C=O) groups is 1. The van der Waals surface area contributed by atoms with E-state index in [1.807, 2.05) is 19.9 Å². The van der Waals surface area contributed by atoms with Crippen LogP contribution in [-0.4, -0.2) is 22.6 Å². The lowest BCUT2D eigenvalue weighted by molar-refractivity contribution is -0.125. The number of allylic oxidation sites excluding steroid dienone is 1. The summed E-state index contributed by atoms with van der Waals surface area (Å²) in [6.45, 7) is 4.54. The Kier molecular flexibility index (Phi) is 4.02. The first kappa shape index (κ1) is 11.1. The number of thioether (sulfide) groups is 1. The number of nitriles is 1. The van der Waals surface area contributed by atoms with Crippen molar-refractivity contribution in [2.24, 2.45) is 0 Å². The molecule has 0 aliphatic carbocycles. The van der Waals surface area contributed by atoms with Gasteiger partial charge < -0.3 is 4.90 Å². The minimum absolute atomic E-state index is 0.102. The Labute approximate surface area is 88.8 Å². The van der Waals surface area contributed by atoms with Gasteiger partial charge in [0.1, 0.15) is 0 Å². The largest absolute Gasteiger partial charge is 0.307 e. The fraction of sp³-hybridized carbons (Fsp3) is 0.600. The number of likely N-dealkylation sites (tertiary alicyclic amines) is 1. The molecule has 4 heteroatoms. The van der Waals surface area contributed by atoms with Gasteiger partial charge in [-0.3, -0.25) is 4.79 Å². The SMILES string of the molecule is C/C=C(/SC(C)C#N)N1CCCC1=O. The highest BCUT2D eigenvalue weighted by Gasteiger charge is 2.24. The Balaban J connectivity index is 2.64. The minimum atomic E-state index is -0.102. The average Bonchev–Trinajstić information content (AvgIpc) is 2.60. The molecular formula is C10H14N2OS. The molecule has 1 heterocycles. The fourth-order valence-corrected chi connectivity index (χ4v) is 2.25. The first-order chi connectivity index (χ1) is 6.69. The summed E-state index contributed by atoms with van der Waals surface area (Å²) in [5.74, 6) is 0.177. The summed E-state index contributed by atoms with van der Waals surface area (Å²) >= 11 is 1.45. The summed E-state index contributed by atoms with van der Waals surface area (Å²) in [7, 11) is 0. The van der Waals surface area contributed by atoms with Gasteiger partial charge in [-0.05, 0) is 20.3 Å². The normalized spacial score (nSPS) is 19.6. The van der Waals surface area contributed by atoms with E-state index in [2.05, 4.69) is 6.07 Å². The molecule has 0 spiro atoms. The highest BCUT2D eigenvalue weighted by molar-refractivity contribution is 8.03. The number of hydrogen-bond donors (Lipinski definition) is 0. The van der Waals surface area contributed by atoms with E-state index in [-0.39, 0.29) is 11.2 Å². The maximum Gasteiger partial charge on any atom is 0.227 e. The Bertz CT molecular complexity index is 293. The van der Waals surface area contributed by atoms with Crippen molar-refractivity contribution in [2.45, 2.75) is 31.9 Å². The monoisotopic (exact) mass is 210 g/mol. The van der Waals surface area contributed by atoms with Crippen molar-refractivity contribution in [1.29, 1.82) is 5.26 Å². The van der Waals surface area contributed by atoms with Crippen LogP contribution in [0.3, 0.4) is 0 Å². The van der Waals surface area contributed by atoms with E-state index in [1.54, 1.807) is 4.90 Å². The average molecular weight is 210 g/mol. The molecule has 0 saturated carbocycles. The van der Waals surface area contributed by atoms with Crippen molar-refractivity contribution in [2.75, 3.05) is 6.54 Å². The summed E-state index contributed by atoms with van der Waals surface area (Å²) in [4.78, 5) is 13.2. The van der Waals surface area contributed by atoms with Crippen LogP contribution in [0.5, 0.6) is 0 Å². The third-order valence-electron chi connectivity index (χ3n) is 2.07. The fourth-order valence-electron chi connectivity index (χ4n) is 1.38. The minimum Gasteiger partial charge on any atom is -0.307 e. The zero-order valence-electron chi connectivity index (χ0n) is 8.49. The van der Waals surface area contributed by atoms with Crippen LogP contribution < -0.4 is 0 Å². The van der Waals surface area contributed by atoms with Crippen LogP contribution in [-0.2, 0) is 4.79 Å². The van der Waals surface area contributed by atoms with Crippen LogP contribution in [0.25, 0.3) is 0 Å². The van der Waals surface area contributed by atoms with Crippen molar-refractivity contribution >= 4 is 17.7 Å². The second-order valence-corrected chi connectivity index (χ2v) is 4.53. The van der Waals surface area contributed by atoms with Gasteiger partial charge in [0.05, 0.1) is 16.3 Å². The molecule has 0 N–H and O–H groups in total. The molecule has 0 bridgehead atoms. The van der Waals surface area contributed by atoms with Crippen molar-refractivity contribution in [3.8, 4) is 6.07 Å². The molecule has 0 aromatic carbocycles. The zero-order valence-corrected chi connectivity index (χ0v) is 9.30. The first-order valence-electron chi connectivity index (χ1n) is 4.72. The van der Waals surface area contributed by atoms with E-state index in [1.165, 1.54) is 11.8 Å². The van der Waals surface area contributed by atoms with Gasteiger partial charge >= 0.3 is 0 Å². The van der Waals surface area contributed by atoms with Gasteiger partial charge in [0, 0.05) is 13.0 Å². The molecule has 1 saturated heterocycles. The molecule has 1 aliphatic heterocycles. The molecule has 1 unspecified atom stereocenters. The molecule has 1 aliphatic rings. The van der Waals surface area contributed by atoms with Crippen molar-refractivity contribution in [3.63, 3.8) is 0 Å². The third-order valence-corrected chi connectivity index (χ3v) is 3.22. The third kappa shape index (κ3) is 2.52. The van der Waals surface area contributed by atoms with Gasteiger partial charge in [-0.25, -0.2) is 0 Å². The van der Waals surface area contributed by atoms with Crippen molar-refractivity contribution < 1.29 is 4.79 Å². The van der Waals surface area contributed by atoms with Gasteiger partial charge in [-0.15, -0.1) is 0 Å². The number of hydrogen-bond acceptors (Lipinski definition) is 3. The Morgan fingerprint density at radius 2 is 2.50 bits per heavy atom. The van der Waals surface area contributed by atoms with Crippen LogP contribution in [0, 0.1) is 11.3 Å². The van der Waals surface area contributed by atoms with E-state index in [4.69, 9.17) is 5.26 Å². The van der Waals surface area contributed by atoms with Gasteiger partial charge in [0.25, 0.3) is 0 Å². The van der Waals surface area contributed by atoms with Gasteiger partial charge in [0.2, 0.25) is 5.91 Å². The first-order valence-corrected chi connectivity index (χ1v) is 5.60. The second kappa shape index (κ2) is 5.06. The number of nitrogens with zero attached hydrogens (tertiary/aromatic N) is 2. The highest BCUT2D eigenvalue weighted by Crippen LogP contribution is 2.28. The van der Waals surface area contributed by atoms with E-state index in [0.29, 0.717) is 6.42 Å². The van der Waals surface area contributed by atoms with E-state index in [0.717, 1.165) is 18.0 Å². The summed E-state index contributed by atoms with van der Waals surface area (Å²) in [6.07, 6.45) is 3.47. The van der Waals surface area contributed by atoms with Gasteiger partial charge in [0.15, 0.2) is 0 Å². The molecule has 1 atom stereocenters. The van der Waals surface area contributed by atoms with Crippen LogP contribution >= 0.6 is 11.8 Å². The molecule has 1 fully saturated rings. The predicted molar refractivity (Wildman–Crippen MR) is 57.4 cm³/mol. The number of carbonyl (C=O) groups excluding carboxylic acids is 1. The molecule has 76 valence electrons. The maximum atomic E-state index is 11.4. The molecular weight excluding hydrogens is 196 g/mol. The van der Waals surface area contributed by atoms with Crippen LogP contribution in [0.2, 0.25) is 0 Å². The standard InChI is InChI=1S/C10H14N2OS/c1-3-10(14-8(2)7-11)12-6-4-5-9(12)13/h3,8H,4-6H2,1-2H3/b10-3+. The lowest BCUT2D eigenvalue weighted by Gasteiger charge is -2.19. The number of rotatable bonds is 3. The summed E-state index contributed by atoms with van der Waals surface area (Å²) in [5, 5.41) is 9.50. The van der Waals surface area contributed by atoms with E-state index in [9.17, 15) is 4.79 Å². The quantitative estimate of drug-likeness (QED) is 0.716. The van der Waals surface area contributed by atoms with Crippen molar-refractivity contribution in [1.82, 2.24) is 4.90 Å².